The van der Waals surface area contributed by atoms with E-state index in [0.29, 0.717) is 24.7 Å². The number of aliphatic hydroxyl groups is 1. The molecular formula is C25H31N3O6. The van der Waals surface area contributed by atoms with E-state index >= 15 is 0 Å². The minimum absolute atomic E-state index is 0.00901. The number of nitrogens with one attached hydrogen (secondary N) is 1. The summed E-state index contributed by atoms with van der Waals surface area (Å²) in [6, 6.07) is 6.60. The minimum atomic E-state index is -1.26. The number of carbonyl (C=O) groups excluding carboxylic acids is 1. The Hall–Kier alpha value is -3.43. The maximum atomic E-state index is 12.7. The van der Waals surface area contributed by atoms with Gasteiger partial charge in [-0.25, -0.2) is 9.59 Å². The van der Waals surface area contributed by atoms with E-state index < -0.39 is 11.9 Å². The van der Waals surface area contributed by atoms with Crippen molar-refractivity contribution in [3.8, 4) is 0 Å². The number of hydrogen-bond acceptors (Lipinski definition) is 5. The number of benzene rings is 1. The lowest BCUT2D eigenvalue weighted by atomic mass is 9.80. The van der Waals surface area contributed by atoms with Crippen molar-refractivity contribution in [3.63, 3.8) is 0 Å². The molecule has 0 unspecified atom stereocenters. The molecule has 2 aliphatic rings. The van der Waals surface area contributed by atoms with E-state index in [1.165, 1.54) is 27.6 Å². The van der Waals surface area contributed by atoms with Gasteiger partial charge in [0, 0.05) is 48.9 Å². The molecule has 34 heavy (non-hydrogen) atoms. The largest absolute Gasteiger partial charge is 0.478 e. The maximum Gasteiger partial charge on any atom is 0.328 e. The first-order valence-corrected chi connectivity index (χ1v) is 11.2. The molecule has 0 bridgehead atoms. The Kier molecular flexibility index (Phi) is 7.90. The number of nitrogens with zero attached hydrogens (tertiary/aromatic N) is 2. The molecule has 0 fully saturated rings. The SMILES string of the molecule is CC[C@@H](CO)NC(=O)[C@H]1C=C2c3cccc4c3c(cn4C)C[C@H]2N(C)C1.O=C(O)/C=C\C(=O)O. The second kappa shape index (κ2) is 10.7. The molecule has 9 nitrogen and oxygen atoms in total. The molecule has 1 amide bonds. The van der Waals surface area contributed by atoms with Crippen molar-refractivity contribution in [3.05, 3.63) is 53.8 Å². The number of rotatable bonds is 6. The Labute approximate surface area is 198 Å². The first kappa shape index (κ1) is 25.2. The van der Waals surface area contributed by atoms with Crippen LogP contribution in [-0.4, -0.2) is 74.9 Å². The molecule has 4 N–H and O–H groups in total. The molecule has 1 aliphatic carbocycles. The average molecular weight is 470 g/mol. The third kappa shape index (κ3) is 5.37. The van der Waals surface area contributed by atoms with Gasteiger partial charge in [-0.2, -0.15) is 0 Å². The normalized spacial score (nSPS) is 20.2. The van der Waals surface area contributed by atoms with Gasteiger partial charge in [0.05, 0.1) is 18.6 Å². The Morgan fingerprint density at radius 3 is 2.44 bits per heavy atom. The van der Waals surface area contributed by atoms with Gasteiger partial charge in [0.2, 0.25) is 5.91 Å². The van der Waals surface area contributed by atoms with Crippen LogP contribution in [0.4, 0.5) is 0 Å². The predicted octanol–water partition coefficient (Wildman–Crippen LogP) is 1.65. The van der Waals surface area contributed by atoms with Crippen LogP contribution in [0.5, 0.6) is 0 Å². The second-order valence-electron chi connectivity index (χ2n) is 8.66. The first-order valence-electron chi connectivity index (χ1n) is 11.2. The number of aliphatic carboxylic acids is 2. The summed E-state index contributed by atoms with van der Waals surface area (Å²) in [6.45, 7) is 2.66. The molecule has 0 radical (unpaired) electrons. The van der Waals surface area contributed by atoms with Crippen LogP contribution in [0.3, 0.4) is 0 Å². The van der Waals surface area contributed by atoms with Crippen LogP contribution < -0.4 is 5.32 Å². The molecule has 4 rings (SSSR count). The zero-order valence-electron chi connectivity index (χ0n) is 19.6. The average Bonchev–Trinajstić information content (AvgIpc) is 3.13. The fraction of sp³-hybridized carbons (Fsp3) is 0.400. The summed E-state index contributed by atoms with van der Waals surface area (Å²) in [5, 5.41) is 29.3. The van der Waals surface area contributed by atoms with E-state index in [-0.39, 0.29) is 24.5 Å². The number of carboxylic acid groups (broad SMARTS) is 2. The number of hydrogen-bond donors (Lipinski definition) is 4. The molecule has 0 saturated heterocycles. The lowest BCUT2D eigenvalue weighted by Crippen LogP contribution is -2.48. The van der Waals surface area contributed by atoms with Gasteiger partial charge in [0.1, 0.15) is 0 Å². The molecule has 1 aromatic carbocycles. The quantitative estimate of drug-likeness (QED) is 0.473. The van der Waals surface area contributed by atoms with Crippen LogP contribution in [0.15, 0.2) is 42.6 Å². The number of aryl methyl sites for hydroxylation is 1. The monoisotopic (exact) mass is 469 g/mol. The van der Waals surface area contributed by atoms with E-state index in [2.05, 4.69) is 59.4 Å². The lowest BCUT2D eigenvalue weighted by molar-refractivity contribution is -0.134. The van der Waals surface area contributed by atoms with Gasteiger partial charge >= 0.3 is 11.9 Å². The zero-order valence-corrected chi connectivity index (χ0v) is 19.6. The third-order valence-electron chi connectivity index (χ3n) is 6.34. The molecule has 2 aromatic rings. The van der Waals surface area contributed by atoms with Gasteiger partial charge in [-0.05, 0) is 42.7 Å². The van der Waals surface area contributed by atoms with Gasteiger partial charge in [-0.3, -0.25) is 9.69 Å². The van der Waals surface area contributed by atoms with Gasteiger partial charge in [0.15, 0.2) is 0 Å². The van der Waals surface area contributed by atoms with Gasteiger partial charge < -0.3 is 25.2 Å². The highest BCUT2D eigenvalue weighted by molar-refractivity contribution is 5.99. The number of aromatic nitrogens is 1. The Morgan fingerprint density at radius 1 is 1.18 bits per heavy atom. The van der Waals surface area contributed by atoms with E-state index in [9.17, 15) is 19.5 Å². The highest BCUT2D eigenvalue weighted by Crippen LogP contribution is 2.41. The highest BCUT2D eigenvalue weighted by Gasteiger charge is 2.36. The topological polar surface area (TPSA) is 132 Å². The summed E-state index contributed by atoms with van der Waals surface area (Å²) in [5.41, 5.74) is 5.16. The van der Waals surface area contributed by atoms with Crippen molar-refractivity contribution in [2.75, 3.05) is 20.2 Å². The van der Waals surface area contributed by atoms with E-state index in [1.54, 1.807) is 0 Å². The molecule has 2 heterocycles. The smallest absolute Gasteiger partial charge is 0.328 e. The van der Waals surface area contributed by atoms with Crippen LogP contribution >= 0.6 is 0 Å². The molecular weight excluding hydrogens is 438 g/mol. The third-order valence-corrected chi connectivity index (χ3v) is 6.34. The number of amides is 1. The minimum Gasteiger partial charge on any atom is -0.478 e. The van der Waals surface area contributed by atoms with Crippen molar-refractivity contribution >= 4 is 34.3 Å². The van der Waals surface area contributed by atoms with Crippen LogP contribution in [0, 0.1) is 5.92 Å². The standard InChI is InChI=1S/C21H27N3O2.C4H4O4/c1-4-15(12-25)22-21(26)14-8-17-16-6-5-7-18-20(16)13(10-23(18)2)9-19(17)24(3)11-14;5-3(6)1-2-4(7)8/h5-8,10,14-15,19,25H,4,9,11-12H2,1-3H3,(H,22,26);1-2H,(H,5,6)(H,7,8)/b;2-1-/t14-,15-,19+;/m0./s1. The van der Waals surface area contributed by atoms with Crippen molar-refractivity contribution in [1.29, 1.82) is 0 Å². The molecule has 0 spiro atoms. The Bertz CT molecular complexity index is 1130. The number of fused-ring (bicyclic) bond motifs is 2. The van der Waals surface area contributed by atoms with Gasteiger partial charge in [-0.1, -0.05) is 25.1 Å². The number of aliphatic hydroxyl groups excluding tert-OH is 1. The zero-order chi connectivity index (χ0) is 25.0. The fourth-order valence-corrected chi connectivity index (χ4v) is 4.62. The summed E-state index contributed by atoms with van der Waals surface area (Å²) in [4.78, 5) is 34.1. The number of likely N-dealkylation sites (N-methyl/N-ethyl adjacent to an activating group) is 1. The summed E-state index contributed by atoms with van der Waals surface area (Å²) in [7, 11) is 4.20. The molecule has 3 atom stereocenters. The Morgan fingerprint density at radius 2 is 1.85 bits per heavy atom. The van der Waals surface area contributed by atoms with Gasteiger partial charge in [0.25, 0.3) is 0 Å². The summed E-state index contributed by atoms with van der Waals surface area (Å²) in [5.74, 6) is -2.69. The summed E-state index contributed by atoms with van der Waals surface area (Å²) >= 11 is 0. The van der Waals surface area contributed by atoms with E-state index in [4.69, 9.17) is 10.2 Å². The number of carbonyl (C=O) groups is 3. The van der Waals surface area contributed by atoms with Crippen molar-refractivity contribution in [1.82, 2.24) is 14.8 Å². The van der Waals surface area contributed by atoms with Crippen molar-refractivity contribution in [2.24, 2.45) is 13.0 Å². The van der Waals surface area contributed by atoms with Crippen LogP contribution in [0.1, 0.15) is 24.5 Å². The van der Waals surface area contributed by atoms with E-state index in [0.717, 1.165) is 12.8 Å². The second-order valence-corrected chi connectivity index (χ2v) is 8.66. The first-order chi connectivity index (χ1) is 16.2. The van der Waals surface area contributed by atoms with Gasteiger partial charge in [-0.15, -0.1) is 0 Å². The van der Waals surface area contributed by atoms with Crippen LogP contribution in [-0.2, 0) is 27.9 Å². The molecule has 1 aliphatic heterocycles. The lowest BCUT2D eigenvalue weighted by Gasteiger charge is -2.39. The summed E-state index contributed by atoms with van der Waals surface area (Å²) < 4.78 is 2.20. The molecule has 0 saturated carbocycles. The fourth-order valence-electron chi connectivity index (χ4n) is 4.62. The maximum absolute atomic E-state index is 12.7. The molecule has 1 aromatic heterocycles. The van der Waals surface area contributed by atoms with Crippen molar-refractivity contribution in [2.45, 2.75) is 31.8 Å². The molecule has 9 heteroatoms. The van der Waals surface area contributed by atoms with Crippen molar-refractivity contribution < 1.29 is 29.7 Å². The molecule has 182 valence electrons. The van der Waals surface area contributed by atoms with E-state index in [1.807, 2.05) is 6.92 Å². The predicted molar refractivity (Wildman–Crippen MR) is 128 cm³/mol. The summed E-state index contributed by atoms with van der Waals surface area (Å²) in [6.07, 6.45) is 7.24. The Balaban J connectivity index is 0.000000350. The van der Waals surface area contributed by atoms with Crippen LogP contribution in [0.2, 0.25) is 0 Å². The highest BCUT2D eigenvalue weighted by atomic mass is 16.4. The number of carboxylic acids is 2. The van der Waals surface area contributed by atoms with Crippen LogP contribution in [0.25, 0.3) is 16.5 Å².